The Labute approximate surface area is 187 Å². The zero-order valence-electron chi connectivity index (χ0n) is 17.9. The van der Waals surface area contributed by atoms with Crippen LogP contribution in [0.2, 0.25) is 0 Å². The predicted molar refractivity (Wildman–Crippen MR) is 126 cm³/mol. The maximum atomic E-state index is 12.8. The van der Waals surface area contributed by atoms with Gasteiger partial charge in [0.2, 0.25) is 6.41 Å². The van der Waals surface area contributed by atoms with E-state index in [1.165, 1.54) is 0 Å². The van der Waals surface area contributed by atoms with Crippen molar-refractivity contribution in [2.24, 2.45) is 0 Å². The summed E-state index contributed by atoms with van der Waals surface area (Å²) in [4.78, 5) is 34.8. The number of pyridine rings is 2. The van der Waals surface area contributed by atoms with E-state index >= 15 is 0 Å². The number of anilines is 2. The molecule has 0 atom stereocenters. The van der Waals surface area contributed by atoms with Crippen LogP contribution >= 0.6 is 11.8 Å². The molecule has 0 unspecified atom stereocenters. The summed E-state index contributed by atoms with van der Waals surface area (Å²) in [6.07, 6.45) is 3.21. The molecule has 0 radical (unpaired) electrons. The molecule has 6 nitrogen and oxygen atoms in total. The molecule has 0 aliphatic rings. The fraction of sp³-hybridized carbons (Fsp3) is 0.250. The number of thioether (sulfide) groups is 1. The molecule has 2 heterocycles. The largest absolute Gasteiger partial charge is 0.322 e. The number of benzene rings is 1. The van der Waals surface area contributed by atoms with Gasteiger partial charge in [-0.1, -0.05) is 19.9 Å². The number of nitrogens with zero attached hydrogens (tertiary/aromatic N) is 3. The monoisotopic (exact) mass is 434 g/mol. The highest BCUT2D eigenvalue weighted by Gasteiger charge is 2.15. The van der Waals surface area contributed by atoms with Gasteiger partial charge < -0.3 is 10.2 Å². The lowest BCUT2D eigenvalue weighted by Crippen LogP contribution is -2.24. The number of amides is 2. The van der Waals surface area contributed by atoms with E-state index in [2.05, 4.69) is 29.1 Å². The van der Waals surface area contributed by atoms with Crippen LogP contribution in [0, 0.1) is 6.92 Å². The van der Waals surface area contributed by atoms with Crippen molar-refractivity contribution in [2.45, 2.75) is 37.5 Å². The third-order valence-electron chi connectivity index (χ3n) is 4.51. The smallest absolute Gasteiger partial charge is 0.258 e. The Morgan fingerprint density at radius 3 is 2.55 bits per heavy atom. The van der Waals surface area contributed by atoms with Crippen molar-refractivity contribution in [2.75, 3.05) is 16.8 Å². The van der Waals surface area contributed by atoms with Crippen LogP contribution in [0.4, 0.5) is 11.4 Å². The molecule has 0 aliphatic carbocycles. The normalized spacial score (nSPS) is 10.7. The second-order valence-electron chi connectivity index (χ2n) is 7.34. The zero-order chi connectivity index (χ0) is 22.2. The van der Waals surface area contributed by atoms with Crippen LogP contribution < -0.4 is 10.2 Å². The van der Waals surface area contributed by atoms with E-state index in [4.69, 9.17) is 0 Å². The SMILES string of the molecule is Cc1ccc(C(=O)Nc2ccc(N(C=O)CCc3ccccn3)cc2)c(SC(C)C)n1. The number of nitrogens with one attached hydrogen (secondary N) is 1. The lowest BCUT2D eigenvalue weighted by atomic mass is 10.2. The average molecular weight is 435 g/mol. The van der Waals surface area contributed by atoms with Gasteiger partial charge in [-0.25, -0.2) is 4.98 Å². The highest BCUT2D eigenvalue weighted by Crippen LogP contribution is 2.26. The van der Waals surface area contributed by atoms with E-state index in [-0.39, 0.29) is 5.91 Å². The van der Waals surface area contributed by atoms with Crippen molar-refractivity contribution in [3.05, 3.63) is 77.7 Å². The van der Waals surface area contributed by atoms with E-state index in [0.717, 1.165) is 28.5 Å². The summed E-state index contributed by atoms with van der Waals surface area (Å²) in [6, 6.07) is 16.6. The highest BCUT2D eigenvalue weighted by atomic mass is 32.2. The van der Waals surface area contributed by atoms with Gasteiger partial charge in [-0.3, -0.25) is 14.6 Å². The van der Waals surface area contributed by atoms with Crippen LogP contribution in [0.1, 0.15) is 35.6 Å². The van der Waals surface area contributed by atoms with Crippen LogP contribution in [0.3, 0.4) is 0 Å². The molecule has 1 N–H and O–H groups in total. The van der Waals surface area contributed by atoms with Gasteiger partial charge in [0.05, 0.1) is 5.56 Å². The molecule has 31 heavy (non-hydrogen) atoms. The maximum absolute atomic E-state index is 12.8. The molecule has 7 heteroatoms. The third kappa shape index (κ3) is 6.39. The molecule has 3 rings (SSSR count). The third-order valence-corrected chi connectivity index (χ3v) is 5.52. The number of aryl methyl sites for hydroxylation is 1. The summed E-state index contributed by atoms with van der Waals surface area (Å²) in [5, 5.41) is 3.97. The van der Waals surface area contributed by atoms with Crippen molar-refractivity contribution >= 4 is 35.5 Å². The first-order chi connectivity index (χ1) is 15.0. The van der Waals surface area contributed by atoms with Crippen molar-refractivity contribution in [3.8, 4) is 0 Å². The topological polar surface area (TPSA) is 75.2 Å². The summed E-state index contributed by atoms with van der Waals surface area (Å²) in [6.45, 7) is 6.58. The quantitative estimate of drug-likeness (QED) is 0.389. The fourth-order valence-electron chi connectivity index (χ4n) is 2.98. The van der Waals surface area contributed by atoms with Crippen LogP contribution in [0.5, 0.6) is 0 Å². The highest BCUT2D eigenvalue weighted by molar-refractivity contribution is 7.99. The summed E-state index contributed by atoms with van der Waals surface area (Å²) < 4.78 is 0. The van der Waals surface area contributed by atoms with Crippen LogP contribution in [-0.2, 0) is 11.2 Å². The molecule has 0 saturated heterocycles. The summed E-state index contributed by atoms with van der Waals surface area (Å²) in [5.41, 5.74) is 3.78. The first kappa shape index (κ1) is 22.5. The van der Waals surface area contributed by atoms with Crippen molar-refractivity contribution < 1.29 is 9.59 Å². The predicted octanol–water partition coefficient (Wildman–Crippen LogP) is 4.74. The van der Waals surface area contributed by atoms with E-state index in [9.17, 15) is 9.59 Å². The summed E-state index contributed by atoms with van der Waals surface area (Å²) in [5.74, 6) is -0.203. The number of carbonyl (C=O) groups excluding carboxylic acids is 2. The Kier molecular flexibility index (Phi) is 7.78. The van der Waals surface area contributed by atoms with Gasteiger partial charge in [-0.15, -0.1) is 11.8 Å². The van der Waals surface area contributed by atoms with Crippen LogP contribution in [-0.4, -0.2) is 34.1 Å². The Morgan fingerprint density at radius 2 is 1.90 bits per heavy atom. The van der Waals surface area contributed by atoms with E-state index in [0.29, 0.717) is 29.5 Å². The maximum Gasteiger partial charge on any atom is 0.258 e. The van der Waals surface area contributed by atoms with Crippen molar-refractivity contribution in [1.82, 2.24) is 9.97 Å². The first-order valence-electron chi connectivity index (χ1n) is 10.1. The molecular formula is C24H26N4O2S. The number of aromatic nitrogens is 2. The Morgan fingerprint density at radius 1 is 1.13 bits per heavy atom. The molecule has 2 aromatic heterocycles. The van der Waals surface area contributed by atoms with Gasteiger partial charge in [0.1, 0.15) is 5.03 Å². The van der Waals surface area contributed by atoms with Crippen molar-refractivity contribution in [3.63, 3.8) is 0 Å². The van der Waals surface area contributed by atoms with Crippen LogP contribution in [0.25, 0.3) is 0 Å². The molecule has 0 saturated carbocycles. The number of hydrogen-bond acceptors (Lipinski definition) is 5. The second-order valence-corrected chi connectivity index (χ2v) is 8.91. The molecule has 3 aromatic rings. The zero-order valence-corrected chi connectivity index (χ0v) is 18.7. The molecule has 1 aromatic carbocycles. The molecule has 2 amide bonds. The second kappa shape index (κ2) is 10.7. The van der Waals surface area contributed by atoms with E-state index in [1.54, 1.807) is 35.0 Å². The number of carbonyl (C=O) groups is 2. The average Bonchev–Trinajstić information content (AvgIpc) is 2.75. The molecule has 0 aliphatic heterocycles. The molecule has 0 spiro atoms. The van der Waals surface area contributed by atoms with Gasteiger partial charge in [0.25, 0.3) is 5.91 Å². The Hall–Kier alpha value is -3.19. The molecule has 0 fully saturated rings. The molecule has 160 valence electrons. The minimum atomic E-state index is -0.203. The fourth-order valence-corrected chi connectivity index (χ4v) is 3.91. The molecular weight excluding hydrogens is 408 g/mol. The van der Waals surface area contributed by atoms with Gasteiger partial charge in [-0.05, 0) is 55.5 Å². The lowest BCUT2D eigenvalue weighted by Gasteiger charge is -2.18. The Bertz CT molecular complexity index is 1020. The van der Waals surface area contributed by atoms with E-state index < -0.39 is 0 Å². The number of hydrogen-bond donors (Lipinski definition) is 1. The minimum Gasteiger partial charge on any atom is -0.322 e. The molecule has 0 bridgehead atoms. The van der Waals surface area contributed by atoms with Gasteiger partial charge in [0.15, 0.2) is 0 Å². The van der Waals surface area contributed by atoms with Gasteiger partial charge >= 0.3 is 0 Å². The summed E-state index contributed by atoms with van der Waals surface area (Å²) >= 11 is 1.57. The summed E-state index contributed by atoms with van der Waals surface area (Å²) in [7, 11) is 0. The lowest BCUT2D eigenvalue weighted by molar-refractivity contribution is -0.107. The van der Waals surface area contributed by atoms with Crippen LogP contribution in [0.15, 0.2) is 65.8 Å². The Balaban J connectivity index is 1.67. The minimum absolute atomic E-state index is 0.203. The van der Waals surface area contributed by atoms with Gasteiger partial charge in [-0.2, -0.15) is 0 Å². The standard InChI is InChI=1S/C24H26N4O2S/c1-17(2)31-24-22(12-7-18(3)26-24)23(30)27-20-8-10-21(11-9-20)28(16-29)15-13-19-6-4-5-14-25-19/h4-12,14,16-17H,13,15H2,1-3H3,(H,27,30). The van der Waals surface area contributed by atoms with E-state index in [1.807, 2.05) is 49.4 Å². The van der Waals surface area contributed by atoms with Crippen molar-refractivity contribution in [1.29, 1.82) is 0 Å². The number of rotatable bonds is 9. The first-order valence-corrected chi connectivity index (χ1v) is 11.0. The van der Waals surface area contributed by atoms with Gasteiger partial charge in [0, 0.05) is 47.2 Å².